The second-order valence-corrected chi connectivity index (χ2v) is 11.4. The number of benzene rings is 3. The van der Waals surface area contributed by atoms with Crippen molar-refractivity contribution in [1.29, 1.82) is 0 Å². The molecule has 0 aliphatic carbocycles. The minimum atomic E-state index is -3.98. The van der Waals surface area contributed by atoms with Crippen LogP contribution in [0.15, 0.2) is 71.6 Å². The summed E-state index contributed by atoms with van der Waals surface area (Å²) < 4.78 is 29.5. The van der Waals surface area contributed by atoms with Gasteiger partial charge in [-0.3, -0.25) is 19.3 Å². The highest BCUT2D eigenvalue weighted by molar-refractivity contribution is 7.89. The third-order valence-corrected chi connectivity index (χ3v) is 9.43. The first-order chi connectivity index (χ1) is 17.8. The quantitative estimate of drug-likeness (QED) is 0.498. The lowest BCUT2D eigenvalue weighted by Gasteiger charge is -2.38. The summed E-state index contributed by atoms with van der Waals surface area (Å²) in [5.41, 5.74) is 4.00. The van der Waals surface area contributed by atoms with Gasteiger partial charge < -0.3 is 4.90 Å². The molecular formula is C28H25N3O5S. The SMILES string of the molecule is CC(=O)N1CCc2cc(S(=O)(=O)N3CCc4ccccc4[C@H]3CN3C(=O)c4ccccc4C3=O)ccc21. The molecule has 8 nitrogen and oxygen atoms in total. The van der Waals surface area contributed by atoms with Gasteiger partial charge in [0, 0.05) is 25.7 Å². The number of imide groups is 1. The van der Waals surface area contributed by atoms with Crippen LogP contribution < -0.4 is 4.90 Å². The van der Waals surface area contributed by atoms with Crippen molar-refractivity contribution < 1.29 is 22.8 Å². The van der Waals surface area contributed by atoms with E-state index in [-0.39, 0.29) is 23.9 Å². The van der Waals surface area contributed by atoms with E-state index in [0.717, 1.165) is 27.3 Å². The lowest BCUT2D eigenvalue weighted by Crippen LogP contribution is -2.46. The maximum atomic E-state index is 14.0. The fraction of sp³-hybridized carbons (Fsp3) is 0.250. The summed E-state index contributed by atoms with van der Waals surface area (Å²) in [5.74, 6) is -0.909. The van der Waals surface area contributed by atoms with Gasteiger partial charge in [0.15, 0.2) is 0 Å². The summed E-state index contributed by atoms with van der Waals surface area (Å²) in [6.07, 6.45) is 1.11. The summed E-state index contributed by atoms with van der Waals surface area (Å²) >= 11 is 0. The summed E-state index contributed by atoms with van der Waals surface area (Å²) in [6, 6.07) is 18.4. The molecule has 3 amide bonds. The van der Waals surface area contributed by atoms with Gasteiger partial charge in [-0.25, -0.2) is 8.42 Å². The van der Waals surface area contributed by atoms with Crippen molar-refractivity contribution in [1.82, 2.24) is 9.21 Å². The molecule has 37 heavy (non-hydrogen) atoms. The van der Waals surface area contributed by atoms with Crippen molar-refractivity contribution in [3.05, 3.63) is 94.5 Å². The van der Waals surface area contributed by atoms with Crippen LogP contribution in [0, 0.1) is 0 Å². The molecule has 3 aromatic rings. The Morgan fingerprint density at radius 2 is 1.51 bits per heavy atom. The van der Waals surface area contributed by atoms with E-state index in [2.05, 4.69) is 0 Å². The van der Waals surface area contributed by atoms with Gasteiger partial charge in [-0.1, -0.05) is 36.4 Å². The van der Waals surface area contributed by atoms with Crippen LogP contribution >= 0.6 is 0 Å². The Morgan fingerprint density at radius 3 is 2.22 bits per heavy atom. The van der Waals surface area contributed by atoms with Crippen molar-refractivity contribution in [2.45, 2.75) is 30.7 Å². The minimum absolute atomic E-state index is 0.0777. The van der Waals surface area contributed by atoms with Crippen LogP contribution in [0.2, 0.25) is 0 Å². The number of carbonyl (C=O) groups is 3. The molecule has 3 heterocycles. The number of hydrogen-bond acceptors (Lipinski definition) is 5. The van der Waals surface area contributed by atoms with E-state index >= 15 is 0 Å². The maximum Gasteiger partial charge on any atom is 0.261 e. The van der Waals surface area contributed by atoms with Crippen LogP contribution in [0.4, 0.5) is 5.69 Å². The predicted molar refractivity (Wildman–Crippen MR) is 137 cm³/mol. The van der Waals surface area contributed by atoms with Gasteiger partial charge in [-0.15, -0.1) is 0 Å². The Morgan fingerprint density at radius 1 is 0.865 bits per heavy atom. The third-order valence-electron chi connectivity index (χ3n) is 7.53. The third kappa shape index (κ3) is 3.69. The highest BCUT2D eigenvalue weighted by Gasteiger charge is 2.42. The number of anilines is 1. The molecule has 0 spiro atoms. The van der Waals surface area contributed by atoms with E-state index in [1.807, 2.05) is 24.3 Å². The molecule has 3 aromatic carbocycles. The summed E-state index contributed by atoms with van der Waals surface area (Å²) in [6.45, 7) is 2.16. The molecule has 0 saturated carbocycles. The largest absolute Gasteiger partial charge is 0.312 e. The minimum Gasteiger partial charge on any atom is -0.312 e. The molecule has 0 saturated heterocycles. The van der Waals surface area contributed by atoms with E-state index in [1.165, 1.54) is 17.3 Å². The Hall–Kier alpha value is -3.82. The van der Waals surface area contributed by atoms with E-state index in [9.17, 15) is 22.8 Å². The molecule has 0 radical (unpaired) electrons. The highest BCUT2D eigenvalue weighted by atomic mass is 32.2. The molecule has 9 heteroatoms. The Kier molecular flexibility index (Phi) is 5.50. The Bertz CT molecular complexity index is 1550. The van der Waals surface area contributed by atoms with Gasteiger partial charge in [0.05, 0.1) is 28.6 Å². The number of nitrogens with zero attached hydrogens (tertiary/aromatic N) is 3. The van der Waals surface area contributed by atoms with Crippen molar-refractivity contribution in [3.8, 4) is 0 Å². The zero-order valence-electron chi connectivity index (χ0n) is 20.3. The lowest BCUT2D eigenvalue weighted by molar-refractivity contribution is -0.116. The average Bonchev–Trinajstić information content (AvgIpc) is 3.43. The van der Waals surface area contributed by atoms with Crippen LogP contribution in [0.25, 0.3) is 0 Å². The number of carbonyl (C=O) groups excluding carboxylic acids is 3. The maximum absolute atomic E-state index is 14.0. The summed E-state index contributed by atoms with van der Waals surface area (Å²) in [7, 11) is -3.98. The normalized spacial score (nSPS) is 19.1. The number of fused-ring (bicyclic) bond motifs is 3. The van der Waals surface area contributed by atoms with Crippen molar-refractivity contribution in [2.24, 2.45) is 0 Å². The Labute approximate surface area is 215 Å². The van der Waals surface area contributed by atoms with Gasteiger partial charge in [-0.05, 0) is 59.9 Å². The van der Waals surface area contributed by atoms with Gasteiger partial charge in [0.1, 0.15) is 0 Å². The van der Waals surface area contributed by atoms with E-state index < -0.39 is 27.9 Å². The average molecular weight is 516 g/mol. The van der Waals surface area contributed by atoms with Gasteiger partial charge >= 0.3 is 0 Å². The van der Waals surface area contributed by atoms with Crippen LogP contribution in [0.3, 0.4) is 0 Å². The van der Waals surface area contributed by atoms with E-state index in [4.69, 9.17) is 0 Å². The van der Waals surface area contributed by atoms with Gasteiger partial charge in [-0.2, -0.15) is 4.31 Å². The topological polar surface area (TPSA) is 95.1 Å². The van der Waals surface area contributed by atoms with Gasteiger partial charge in [0.25, 0.3) is 11.8 Å². The van der Waals surface area contributed by atoms with Crippen molar-refractivity contribution in [3.63, 3.8) is 0 Å². The first-order valence-corrected chi connectivity index (χ1v) is 13.7. The molecule has 0 fully saturated rings. The van der Waals surface area contributed by atoms with Crippen LogP contribution in [-0.4, -0.2) is 55.0 Å². The molecule has 3 aliphatic heterocycles. The lowest BCUT2D eigenvalue weighted by atomic mass is 9.94. The summed E-state index contributed by atoms with van der Waals surface area (Å²) in [5, 5.41) is 0. The van der Waals surface area contributed by atoms with Crippen LogP contribution in [0.1, 0.15) is 50.4 Å². The first-order valence-electron chi connectivity index (χ1n) is 12.2. The molecule has 0 N–H and O–H groups in total. The fourth-order valence-corrected chi connectivity index (χ4v) is 7.33. The van der Waals surface area contributed by atoms with E-state index in [1.54, 1.807) is 41.3 Å². The standard InChI is InChI=1S/C28H25N3O5S/c1-18(32)29-14-12-20-16-21(10-11-25(20)29)37(35,36)31-15-13-19-6-2-3-7-22(19)26(31)17-30-27(33)23-8-4-5-9-24(23)28(30)34/h2-11,16,26H,12-15,17H2,1H3/t26-/m1/s1. The number of hydrogen-bond donors (Lipinski definition) is 0. The van der Waals surface area contributed by atoms with Gasteiger partial charge in [0.2, 0.25) is 15.9 Å². The molecule has 6 rings (SSSR count). The highest BCUT2D eigenvalue weighted by Crippen LogP contribution is 2.38. The Balaban J connectivity index is 1.38. The molecule has 188 valence electrons. The number of rotatable bonds is 4. The fourth-order valence-electron chi connectivity index (χ4n) is 5.68. The number of amides is 3. The van der Waals surface area contributed by atoms with Crippen molar-refractivity contribution >= 4 is 33.4 Å². The summed E-state index contributed by atoms with van der Waals surface area (Å²) in [4.78, 5) is 41.2. The molecular weight excluding hydrogens is 490 g/mol. The van der Waals surface area contributed by atoms with E-state index in [0.29, 0.717) is 30.5 Å². The second kappa shape index (κ2) is 8.64. The molecule has 1 atom stereocenters. The molecule has 0 bridgehead atoms. The molecule has 0 unspecified atom stereocenters. The number of sulfonamides is 1. The first kappa shape index (κ1) is 23.6. The van der Waals surface area contributed by atoms with Crippen LogP contribution in [0.5, 0.6) is 0 Å². The zero-order chi connectivity index (χ0) is 25.9. The molecule has 3 aliphatic rings. The smallest absolute Gasteiger partial charge is 0.261 e. The van der Waals surface area contributed by atoms with Crippen molar-refractivity contribution in [2.75, 3.05) is 24.5 Å². The monoisotopic (exact) mass is 515 g/mol. The van der Waals surface area contributed by atoms with Crippen LogP contribution in [-0.2, 0) is 27.7 Å². The zero-order valence-corrected chi connectivity index (χ0v) is 21.1. The second-order valence-electron chi connectivity index (χ2n) is 9.56. The molecule has 0 aromatic heterocycles. The predicted octanol–water partition coefficient (Wildman–Crippen LogP) is 3.18.